The second kappa shape index (κ2) is 8.00. The van der Waals surface area contributed by atoms with Gasteiger partial charge in [-0.25, -0.2) is 5.06 Å². The molecule has 3 aliphatic rings. The predicted molar refractivity (Wildman–Crippen MR) is 116 cm³/mol. The third kappa shape index (κ3) is 3.30. The maximum Gasteiger partial charge on any atom is 0.262 e. The Bertz CT molecular complexity index is 983. The van der Waals surface area contributed by atoms with E-state index in [1.807, 2.05) is 55.5 Å². The number of hydroxylamine groups is 1. The number of anilines is 1. The van der Waals surface area contributed by atoms with E-state index in [9.17, 15) is 9.59 Å². The number of imide groups is 1. The maximum atomic E-state index is 13.7. The van der Waals surface area contributed by atoms with Crippen molar-refractivity contribution in [3.05, 3.63) is 59.7 Å². The number of ether oxygens (including phenoxy) is 1. The van der Waals surface area contributed by atoms with Crippen molar-refractivity contribution in [3.8, 4) is 5.75 Å². The van der Waals surface area contributed by atoms with Gasteiger partial charge in [0.25, 0.3) is 5.91 Å². The molecule has 0 bridgehead atoms. The lowest BCUT2D eigenvalue weighted by atomic mass is 9.89. The Kier molecular flexibility index (Phi) is 5.18. The van der Waals surface area contributed by atoms with Crippen LogP contribution in [0.5, 0.6) is 5.75 Å². The van der Waals surface area contributed by atoms with E-state index in [2.05, 4.69) is 0 Å². The number of hydrogen-bond acceptors (Lipinski definition) is 5. The number of methoxy groups -OCH3 is 1. The fraction of sp³-hybridized carbons (Fsp3) is 0.440. The highest BCUT2D eigenvalue weighted by molar-refractivity contribution is 6.08. The third-order valence-corrected chi connectivity index (χ3v) is 6.84. The van der Waals surface area contributed by atoms with E-state index in [0.717, 1.165) is 42.5 Å². The van der Waals surface area contributed by atoms with E-state index in [-0.39, 0.29) is 17.9 Å². The van der Waals surface area contributed by atoms with Crippen LogP contribution >= 0.6 is 0 Å². The molecular weight excluding hydrogens is 392 g/mol. The number of para-hydroxylation sites is 1. The van der Waals surface area contributed by atoms with Gasteiger partial charge in [-0.3, -0.25) is 19.3 Å². The van der Waals surface area contributed by atoms with Gasteiger partial charge < -0.3 is 4.74 Å². The molecule has 0 N–H and O–H groups in total. The average molecular weight is 421 g/mol. The molecule has 0 aromatic heterocycles. The molecular formula is C25H28N2O4. The first-order valence-corrected chi connectivity index (χ1v) is 11.1. The first kappa shape index (κ1) is 20.1. The molecule has 162 valence electrons. The molecule has 5 rings (SSSR count). The van der Waals surface area contributed by atoms with Crippen LogP contribution < -0.4 is 9.80 Å². The van der Waals surface area contributed by atoms with E-state index in [0.29, 0.717) is 5.75 Å². The monoisotopic (exact) mass is 420 g/mol. The molecule has 6 nitrogen and oxygen atoms in total. The normalized spacial score (nSPS) is 26.5. The van der Waals surface area contributed by atoms with Crippen molar-refractivity contribution < 1.29 is 19.2 Å². The van der Waals surface area contributed by atoms with Crippen LogP contribution in [0.1, 0.15) is 49.3 Å². The van der Waals surface area contributed by atoms with Crippen molar-refractivity contribution >= 4 is 17.5 Å². The Labute approximate surface area is 182 Å². The first-order valence-electron chi connectivity index (χ1n) is 11.1. The fourth-order valence-electron chi connectivity index (χ4n) is 5.28. The van der Waals surface area contributed by atoms with E-state index >= 15 is 0 Å². The van der Waals surface area contributed by atoms with Crippen LogP contribution in [0.15, 0.2) is 48.5 Å². The Morgan fingerprint density at radius 1 is 0.935 bits per heavy atom. The summed E-state index contributed by atoms with van der Waals surface area (Å²) < 4.78 is 5.62. The van der Waals surface area contributed by atoms with Crippen LogP contribution in [-0.4, -0.2) is 36.0 Å². The van der Waals surface area contributed by atoms with Gasteiger partial charge in [0.05, 0.1) is 18.8 Å². The molecule has 2 heterocycles. The van der Waals surface area contributed by atoms with Gasteiger partial charge in [-0.1, -0.05) is 55.2 Å². The number of carbonyl (C=O) groups excluding carboxylic acids is 2. The standard InChI is InChI=1S/C25H28N2O4/c1-16-12-14-18(15-13-16)27-22(19-10-6-7-11-20(19)30-2)21-23(31-27)25(29)26(24(21)28)17-8-4-3-5-9-17/h6-7,10-15,17,21-23H,3-5,8-9H2,1-2H3/t21-,22+,23+/m0/s1. The molecule has 2 amide bonds. The maximum absolute atomic E-state index is 13.7. The second-order valence-corrected chi connectivity index (χ2v) is 8.74. The summed E-state index contributed by atoms with van der Waals surface area (Å²) in [5.41, 5.74) is 2.80. The molecule has 3 fully saturated rings. The van der Waals surface area contributed by atoms with Crippen molar-refractivity contribution in [3.63, 3.8) is 0 Å². The smallest absolute Gasteiger partial charge is 0.262 e. The molecule has 2 aromatic carbocycles. The molecule has 6 heteroatoms. The van der Waals surface area contributed by atoms with Crippen LogP contribution in [0.25, 0.3) is 0 Å². The Hall–Kier alpha value is -2.86. The largest absolute Gasteiger partial charge is 0.496 e. The van der Waals surface area contributed by atoms with Crippen LogP contribution in [0.3, 0.4) is 0 Å². The minimum Gasteiger partial charge on any atom is -0.496 e. The quantitative estimate of drug-likeness (QED) is 0.695. The number of nitrogens with zero attached hydrogens (tertiary/aromatic N) is 2. The minimum absolute atomic E-state index is 0.00547. The molecule has 0 spiro atoms. The van der Waals surface area contributed by atoms with Gasteiger partial charge in [0.15, 0.2) is 6.10 Å². The fourth-order valence-corrected chi connectivity index (χ4v) is 5.28. The van der Waals surface area contributed by atoms with Crippen molar-refractivity contribution in [1.82, 2.24) is 4.90 Å². The van der Waals surface area contributed by atoms with Gasteiger partial charge in [0.1, 0.15) is 11.7 Å². The van der Waals surface area contributed by atoms with Crippen LogP contribution in [0, 0.1) is 12.8 Å². The summed E-state index contributed by atoms with van der Waals surface area (Å²) in [4.78, 5) is 34.8. The van der Waals surface area contributed by atoms with E-state index in [1.165, 1.54) is 11.3 Å². The number of rotatable bonds is 4. The van der Waals surface area contributed by atoms with Crippen molar-refractivity contribution in [2.75, 3.05) is 12.2 Å². The van der Waals surface area contributed by atoms with E-state index < -0.39 is 18.1 Å². The summed E-state index contributed by atoms with van der Waals surface area (Å²) >= 11 is 0. The second-order valence-electron chi connectivity index (χ2n) is 8.74. The average Bonchev–Trinajstić information content (AvgIpc) is 3.31. The van der Waals surface area contributed by atoms with Gasteiger partial charge in [-0.15, -0.1) is 0 Å². The number of likely N-dealkylation sites (tertiary alicyclic amines) is 1. The van der Waals surface area contributed by atoms with Gasteiger partial charge in [0.2, 0.25) is 5.91 Å². The molecule has 0 unspecified atom stereocenters. The highest BCUT2D eigenvalue weighted by Gasteiger charge is 2.61. The molecule has 2 saturated heterocycles. The van der Waals surface area contributed by atoms with Crippen LogP contribution in [0.2, 0.25) is 0 Å². The third-order valence-electron chi connectivity index (χ3n) is 6.84. The summed E-state index contributed by atoms with van der Waals surface area (Å²) in [5, 5.41) is 1.74. The van der Waals surface area contributed by atoms with Crippen molar-refractivity contribution in [2.24, 2.45) is 5.92 Å². The van der Waals surface area contributed by atoms with Crippen molar-refractivity contribution in [1.29, 1.82) is 0 Å². The summed E-state index contributed by atoms with van der Waals surface area (Å²) in [6.07, 6.45) is 4.26. The Balaban J connectivity index is 1.57. The zero-order valence-electron chi connectivity index (χ0n) is 18.0. The van der Waals surface area contributed by atoms with E-state index in [4.69, 9.17) is 9.57 Å². The summed E-state index contributed by atoms with van der Waals surface area (Å²) in [6.45, 7) is 2.02. The highest BCUT2D eigenvalue weighted by atomic mass is 16.7. The van der Waals surface area contributed by atoms with Crippen LogP contribution in [0.4, 0.5) is 5.69 Å². The topological polar surface area (TPSA) is 59.1 Å². The summed E-state index contributed by atoms with van der Waals surface area (Å²) in [5.74, 6) is -0.221. The highest BCUT2D eigenvalue weighted by Crippen LogP contribution is 2.49. The number of amides is 2. The number of carbonyl (C=O) groups is 2. The molecule has 2 aliphatic heterocycles. The molecule has 1 aliphatic carbocycles. The lowest BCUT2D eigenvalue weighted by molar-refractivity contribution is -0.146. The zero-order valence-corrected chi connectivity index (χ0v) is 18.0. The molecule has 0 radical (unpaired) electrons. The number of benzene rings is 2. The first-order chi connectivity index (χ1) is 15.1. The summed E-state index contributed by atoms with van der Waals surface area (Å²) in [7, 11) is 1.62. The SMILES string of the molecule is COc1ccccc1[C@@H]1[C@@H]2C(=O)N(C3CCCCC3)C(=O)[C@@H]2ON1c1ccc(C)cc1. The summed E-state index contributed by atoms with van der Waals surface area (Å²) in [6, 6.07) is 15.2. The van der Waals surface area contributed by atoms with Gasteiger partial charge in [-0.05, 0) is 38.0 Å². The van der Waals surface area contributed by atoms with Crippen LogP contribution in [-0.2, 0) is 14.4 Å². The van der Waals surface area contributed by atoms with E-state index in [1.54, 1.807) is 12.2 Å². The molecule has 3 atom stereocenters. The molecule has 31 heavy (non-hydrogen) atoms. The number of aryl methyl sites for hydroxylation is 1. The van der Waals surface area contributed by atoms with Gasteiger partial charge in [-0.2, -0.15) is 0 Å². The van der Waals surface area contributed by atoms with Gasteiger partial charge >= 0.3 is 0 Å². The molecule has 1 saturated carbocycles. The lowest BCUT2D eigenvalue weighted by Gasteiger charge is -2.33. The Morgan fingerprint density at radius 3 is 2.35 bits per heavy atom. The zero-order chi connectivity index (χ0) is 21.5. The Morgan fingerprint density at radius 2 is 1.65 bits per heavy atom. The lowest BCUT2D eigenvalue weighted by Crippen LogP contribution is -2.44. The predicted octanol–water partition coefficient (Wildman–Crippen LogP) is 4.18. The number of hydrogen-bond donors (Lipinski definition) is 0. The van der Waals surface area contributed by atoms with Gasteiger partial charge in [0, 0.05) is 11.6 Å². The minimum atomic E-state index is -0.800. The van der Waals surface area contributed by atoms with Crippen molar-refractivity contribution in [2.45, 2.75) is 57.2 Å². The number of fused-ring (bicyclic) bond motifs is 1. The molecule has 2 aromatic rings.